The van der Waals surface area contributed by atoms with Crippen molar-refractivity contribution < 1.29 is 9.68 Å². The van der Waals surface area contributed by atoms with Gasteiger partial charge in [0.05, 0.1) is 0 Å². The van der Waals surface area contributed by atoms with Crippen molar-refractivity contribution in [3.05, 3.63) is 71.8 Å². The molecule has 0 aromatic heterocycles. The second-order valence-corrected chi connectivity index (χ2v) is 4.99. The first kappa shape index (κ1) is 14.3. The van der Waals surface area contributed by atoms with Gasteiger partial charge in [-0.3, -0.25) is 0 Å². The third kappa shape index (κ3) is 3.52. The van der Waals surface area contributed by atoms with Gasteiger partial charge in [0.1, 0.15) is 24.6 Å². The highest BCUT2D eigenvalue weighted by Crippen LogP contribution is 2.12. The molecule has 0 amide bonds. The van der Waals surface area contributed by atoms with Crippen LogP contribution in [-0.4, -0.2) is 24.6 Å². The van der Waals surface area contributed by atoms with Gasteiger partial charge in [0.15, 0.2) is 0 Å². The van der Waals surface area contributed by atoms with Crippen molar-refractivity contribution in [1.29, 1.82) is 0 Å². The zero-order chi connectivity index (χ0) is 15.0. The van der Waals surface area contributed by atoms with Crippen LogP contribution < -0.4 is 0 Å². The topological polar surface area (TPSA) is 43.2 Å². The summed E-state index contributed by atoms with van der Waals surface area (Å²) in [6.45, 7) is 1.17. The first-order valence-corrected chi connectivity index (χ1v) is 7.46. The minimum atomic E-state index is 0.585. The molecule has 0 unspecified atom stereocenters. The van der Waals surface area contributed by atoms with Crippen LogP contribution in [0.25, 0.3) is 0 Å². The molecule has 0 fully saturated rings. The van der Waals surface area contributed by atoms with E-state index in [0.717, 1.165) is 24.0 Å². The lowest BCUT2D eigenvalue weighted by molar-refractivity contribution is 0.108. The molecule has 4 nitrogen and oxygen atoms in total. The number of hydrogen-bond donors (Lipinski definition) is 0. The summed E-state index contributed by atoms with van der Waals surface area (Å²) in [5.74, 6) is 0. The van der Waals surface area contributed by atoms with E-state index in [9.17, 15) is 0 Å². The molecule has 0 N–H and O–H groups in total. The predicted molar refractivity (Wildman–Crippen MR) is 87.1 cm³/mol. The van der Waals surface area contributed by atoms with E-state index in [2.05, 4.69) is 10.3 Å². The van der Waals surface area contributed by atoms with Crippen LogP contribution in [-0.2, 0) is 9.68 Å². The molecule has 1 heterocycles. The van der Waals surface area contributed by atoms with Crippen LogP contribution in [0.15, 0.2) is 71.0 Å². The van der Waals surface area contributed by atoms with Crippen LogP contribution >= 0.6 is 0 Å². The van der Waals surface area contributed by atoms with Crippen LogP contribution in [0.1, 0.15) is 24.0 Å². The number of benzene rings is 2. The molecule has 0 atom stereocenters. The van der Waals surface area contributed by atoms with Crippen LogP contribution in [0.2, 0.25) is 0 Å². The van der Waals surface area contributed by atoms with Gasteiger partial charge in [-0.2, -0.15) is 0 Å². The highest BCUT2D eigenvalue weighted by molar-refractivity contribution is 6.53. The zero-order valence-corrected chi connectivity index (χ0v) is 12.3. The fourth-order valence-corrected chi connectivity index (χ4v) is 2.21. The second kappa shape index (κ2) is 7.41. The van der Waals surface area contributed by atoms with Crippen LogP contribution in [0.4, 0.5) is 0 Å². The summed E-state index contributed by atoms with van der Waals surface area (Å²) in [6, 6.07) is 19.8. The monoisotopic (exact) mass is 294 g/mol. The Balaban J connectivity index is 2.05. The highest BCUT2D eigenvalue weighted by atomic mass is 16.6. The molecule has 0 saturated heterocycles. The number of rotatable bonds is 2. The number of oxime groups is 2. The molecule has 4 heteroatoms. The van der Waals surface area contributed by atoms with Gasteiger partial charge in [0.2, 0.25) is 0 Å². The van der Waals surface area contributed by atoms with Crippen molar-refractivity contribution >= 4 is 11.4 Å². The molecule has 0 spiro atoms. The largest absolute Gasteiger partial charge is 0.395 e. The molecule has 3 rings (SSSR count). The zero-order valence-electron chi connectivity index (χ0n) is 12.3. The Kier molecular flexibility index (Phi) is 4.82. The lowest BCUT2D eigenvalue weighted by Crippen LogP contribution is -2.19. The van der Waals surface area contributed by atoms with Crippen molar-refractivity contribution in [2.75, 3.05) is 13.2 Å². The maximum atomic E-state index is 5.48. The van der Waals surface area contributed by atoms with Gasteiger partial charge in [-0.1, -0.05) is 71.0 Å². The smallest absolute Gasteiger partial charge is 0.139 e. The summed E-state index contributed by atoms with van der Waals surface area (Å²) >= 11 is 0. The summed E-state index contributed by atoms with van der Waals surface area (Å²) in [6.07, 6.45) is 1.81. The minimum absolute atomic E-state index is 0.585. The van der Waals surface area contributed by atoms with Gasteiger partial charge in [-0.25, -0.2) is 0 Å². The van der Waals surface area contributed by atoms with Gasteiger partial charge in [-0.05, 0) is 12.8 Å². The fourth-order valence-electron chi connectivity index (χ4n) is 2.21. The normalized spacial score (nSPS) is 20.5. The lowest BCUT2D eigenvalue weighted by atomic mass is 10.00. The van der Waals surface area contributed by atoms with Crippen LogP contribution in [0.3, 0.4) is 0 Å². The Hall–Kier alpha value is -2.62. The van der Waals surface area contributed by atoms with E-state index < -0.39 is 0 Å². The summed E-state index contributed by atoms with van der Waals surface area (Å²) < 4.78 is 0. The second-order valence-electron chi connectivity index (χ2n) is 4.99. The number of nitrogens with zero attached hydrogens (tertiary/aromatic N) is 2. The third-order valence-electron chi connectivity index (χ3n) is 3.35. The van der Waals surface area contributed by atoms with E-state index in [1.54, 1.807) is 0 Å². The summed E-state index contributed by atoms with van der Waals surface area (Å²) in [5.41, 5.74) is 3.28. The van der Waals surface area contributed by atoms with Crippen molar-refractivity contribution in [1.82, 2.24) is 0 Å². The molecule has 0 bridgehead atoms. The maximum absolute atomic E-state index is 5.48. The van der Waals surface area contributed by atoms with Crippen molar-refractivity contribution in [3.8, 4) is 0 Å². The quantitative estimate of drug-likeness (QED) is 0.849. The molecular weight excluding hydrogens is 276 g/mol. The van der Waals surface area contributed by atoms with E-state index in [4.69, 9.17) is 9.68 Å². The first-order chi connectivity index (χ1) is 10.9. The Morgan fingerprint density at radius 2 is 1.00 bits per heavy atom. The van der Waals surface area contributed by atoms with Crippen molar-refractivity contribution in [2.45, 2.75) is 12.8 Å². The molecule has 0 saturated carbocycles. The molecule has 112 valence electrons. The fraction of sp³-hybridized carbons (Fsp3) is 0.222. The van der Waals surface area contributed by atoms with E-state index in [-0.39, 0.29) is 0 Å². The molecule has 22 heavy (non-hydrogen) atoms. The van der Waals surface area contributed by atoms with Gasteiger partial charge >= 0.3 is 0 Å². The van der Waals surface area contributed by atoms with Crippen molar-refractivity contribution in [3.63, 3.8) is 0 Å². The molecule has 2 aromatic rings. The predicted octanol–water partition coefficient (Wildman–Crippen LogP) is 3.62. The van der Waals surface area contributed by atoms with Gasteiger partial charge in [-0.15, -0.1) is 0 Å². The number of hydrogen-bond acceptors (Lipinski definition) is 4. The molecule has 0 aliphatic carbocycles. The highest BCUT2D eigenvalue weighted by Gasteiger charge is 2.17. The molecule has 2 aromatic carbocycles. The lowest BCUT2D eigenvalue weighted by Gasteiger charge is -2.12. The standard InChI is InChI=1S/C18H18N2O2/c1-3-9-15(10-4-1)17-18(16-11-5-2-6-12-16)20-22-14-8-7-13-21-19-17/h1-6,9-12H,7-8,13-14H2/b19-17-,20-18-. The molecule has 1 aliphatic rings. The molecular formula is C18H18N2O2. The van der Waals surface area contributed by atoms with Gasteiger partial charge in [0, 0.05) is 11.1 Å². The van der Waals surface area contributed by atoms with Crippen LogP contribution in [0.5, 0.6) is 0 Å². The summed E-state index contributed by atoms with van der Waals surface area (Å²) in [5, 5.41) is 8.64. The molecule has 0 radical (unpaired) electrons. The third-order valence-corrected chi connectivity index (χ3v) is 3.35. The maximum Gasteiger partial charge on any atom is 0.139 e. The average molecular weight is 294 g/mol. The Morgan fingerprint density at radius 1 is 0.591 bits per heavy atom. The molecule has 1 aliphatic heterocycles. The Morgan fingerprint density at radius 3 is 1.41 bits per heavy atom. The first-order valence-electron chi connectivity index (χ1n) is 7.46. The average Bonchev–Trinajstić information content (AvgIpc) is 2.60. The Labute approximate surface area is 130 Å². The van der Waals surface area contributed by atoms with E-state index >= 15 is 0 Å². The van der Waals surface area contributed by atoms with Gasteiger partial charge < -0.3 is 9.68 Å². The van der Waals surface area contributed by atoms with Crippen molar-refractivity contribution in [2.24, 2.45) is 10.3 Å². The van der Waals surface area contributed by atoms with Gasteiger partial charge in [0.25, 0.3) is 0 Å². The SMILES string of the molecule is c1ccc(C2=N/OCCCCO/N=C\2c2ccccc2)cc1. The summed E-state index contributed by atoms with van der Waals surface area (Å²) in [4.78, 5) is 11.0. The van der Waals surface area contributed by atoms with E-state index in [1.165, 1.54) is 0 Å². The van der Waals surface area contributed by atoms with Crippen LogP contribution in [0, 0.1) is 0 Å². The summed E-state index contributed by atoms with van der Waals surface area (Å²) in [7, 11) is 0. The van der Waals surface area contributed by atoms with E-state index in [1.807, 2.05) is 60.7 Å². The minimum Gasteiger partial charge on any atom is -0.395 e. The Bertz CT molecular complexity index is 592. The van der Waals surface area contributed by atoms with E-state index in [0.29, 0.717) is 24.6 Å².